The van der Waals surface area contributed by atoms with Gasteiger partial charge in [0.05, 0.1) is 6.61 Å². The van der Waals surface area contributed by atoms with Gasteiger partial charge < -0.3 is 20.0 Å². The molecule has 0 bridgehead atoms. The molecule has 3 rings (SSSR count). The summed E-state index contributed by atoms with van der Waals surface area (Å²) < 4.78 is 21.3. The topological polar surface area (TPSA) is 119 Å². The van der Waals surface area contributed by atoms with Crippen LogP contribution in [0.5, 0.6) is 5.75 Å². The van der Waals surface area contributed by atoms with E-state index < -0.39 is 11.2 Å². The van der Waals surface area contributed by atoms with E-state index in [0.717, 1.165) is 43.4 Å². The largest absolute Gasteiger partial charge is 0.490 e. The van der Waals surface area contributed by atoms with Gasteiger partial charge >= 0.3 is 5.69 Å². The second-order valence-electron chi connectivity index (χ2n) is 8.62. The Hall–Kier alpha value is -3.07. The summed E-state index contributed by atoms with van der Waals surface area (Å²) in [5, 5.41) is 1.65. The fraction of sp³-hybridized carbons (Fsp3) is 0.500. The standard InChI is InChI=1S/C24H34FN5O3/c1-2-18(19-8-9-21(25)22(13-19)33-16-17-6-7-17)15-30(27)20(14-26)5-3-4-11-29-12-10-23(31)28-24(29)32/h8-10,12-14,17-18H,2-7,11,15-16,26-27H2,1H3,(H,28,31,32)/b20-14-/t18-/m0/s1. The number of nitrogens with one attached hydrogen (secondary N) is 1. The van der Waals surface area contributed by atoms with E-state index >= 15 is 0 Å². The fourth-order valence-electron chi connectivity index (χ4n) is 3.73. The molecule has 1 aliphatic carbocycles. The number of aryl methyl sites for hydroxylation is 1. The average molecular weight is 460 g/mol. The minimum Gasteiger partial charge on any atom is -0.490 e. The number of aromatic nitrogens is 2. The highest BCUT2D eigenvalue weighted by Gasteiger charge is 2.23. The van der Waals surface area contributed by atoms with Crippen LogP contribution in [-0.4, -0.2) is 27.7 Å². The number of rotatable bonds is 13. The first kappa shape index (κ1) is 24.6. The summed E-state index contributed by atoms with van der Waals surface area (Å²) in [5.41, 5.74) is 6.79. The van der Waals surface area contributed by atoms with Gasteiger partial charge in [-0.2, -0.15) is 0 Å². The van der Waals surface area contributed by atoms with Crippen molar-refractivity contribution in [3.63, 3.8) is 0 Å². The highest BCUT2D eigenvalue weighted by Crippen LogP contribution is 2.32. The maximum absolute atomic E-state index is 14.2. The van der Waals surface area contributed by atoms with Gasteiger partial charge in [-0.3, -0.25) is 9.78 Å². The molecular formula is C24H34FN5O3. The molecule has 1 aromatic heterocycles. The zero-order chi connectivity index (χ0) is 23.8. The van der Waals surface area contributed by atoms with Crippen LogP contribution in [0.1, 0.15) is 56.9 Å². The van der Waals surface area contributed by atoms with Gasteiger partial charge in [-0.25, -0.2) is 15.0 Å². The van der Waals surface area contributed by atoms with E-state index in [4.69, 9.17) is 16.3 Å². The average Bonchev–Trinajstić information content (AvgIpc) is 3.62. The predicted octanol–water partition coefficient (Wildman–Crippen LogP) is 2.80. The van der Waals surface area contributed by atoms with Crippen LogP contribution in [0.2, 0.25) is 0 Å². The van der Waals surface area contributed by atoms with Gasteiger partial charge in [0.15, 0.2) is 11.6 Å². The molecule has 0 unspecified atom stereocenters. The summed E-state index contributed by atoms with van der Waals surface area (Å²) in [6, 6.07) is 6.36. The van der Waals surface area contributed by atoms with E-state index in [2.05, 4.69) is 11.9 Å². The summed E-state index contributed by atoms with van der Waals surface area (Å²) in [6.45, 7) is 3.66. The maximum Gasteiger partial charge on any atom is 0.328 e. The lowest BCUT2D eigenvalue weighted by Crippen LogP contribution is -2.35. The molecule has 5 N–H and O–H groups in total. The summed E-state index contributed by atoms with van der Waals surface area (Å²) in [5.74, 6) is 6.93. The molecule has 1 aliphatic rings. The molecule has 0 amide bonds. The third-order valence-corrected chi connectivity index (χ3v) is 6.05. The van der Waals surface area contributed by atoms with Gasteiger partial charge in [0.25, 0.3) is 5.56 Å². The van der Waals surface area contributed by atoms with E-state index in [-0.39, 0.29) is 11.7 Å². The van der Waals surface area contributed by atoms with Crippen LogP contribution in [0.15, 0.2) is 51.9 Å². The quantitative estimate of drug-likeness (QED) is 0.241. The van der Waals surface area contributed by atoms with E-state index in [1.54, 1.807) is 17.1 Å². The van der Waals surface area contributed by atoms with Crippen molar-refractivity contribution in [3.8, 4) is 5.75 Å². The van der Waals surface area contributed by atoms with Crippen LogP contribution >= 0.6 is 0 Å². The molecule has 0 aliphatic heterocycles. The van der Waals surface area contributed by atoms with Crippen molar-refractivity contribution < 1.29 is 9.13 Å². The summed E-state index contributed by atoms with van der Waals surface area (Å²) in [7, 11) is 0. The fourth-order valence-corrected chi connectivity index (χ4v) is 3.73. The summed E-state index contributed by atoms with van der Waals surface area (Å²) >= 11 is 0. The van der Waals surface area contributed by atoms with Crippen LogP contribution in [0.3, 0.4) is 0 Å². The van der Waals surface area contributed by atoms with E-state index in [1.807, 2.05) is 0 Å². The number of hydrogen-bond acceptors (Lipinski definition) is 6. The molecule has 8 nitrogen and oxygen atoms in total. The second kappa shape index (κ2) is 11.7. The SMILES string of the molecule is CC[C@@H](CN(N)/C(=C\N)CCCCn1ccc(=O)[nH]c1=O)c1ccc(F)c(OCC2CC2)c1. The number of nitrogens with two attached hydrogens (primary N) is 2. The first-order valence-electron chi connectivity index (χ1n) is 11.6. The lowest BCUT2D eigenvalue weighted by molar-refractivity contribution is 0.283. The Bertz CT molecular complexity index is 1060. The van der Waals surface area contributed by atoms with E-state index in [9.17, 15) is 14.0 Å². The van der Waals surface area contributed by atoms with E-state index in [1.165, 1.54) is 29.1 Å². The van der Waals surface area contributed by atoms with Crippen LogP contribution in [0.25, 0.3) is 0 Å². The molecule has 0 radical (unpaired) electrons. The van der Waals surface area contributed by atoms with E-state index in [0.29, 0.717) is 37.8 Å². The lowest BCUT2D eigenvalue weighted by atomic mass is 9.95. The van der Waals surface area contributed by atoms with Crippen molar-refractivity contribution in [2.24, 2.45) is 17.5 Å². The van der Waals surface area contributed by atoms with Gasteiger partial charge in [-0.15, -0.1) is 0 Å². The Morgan fingerprint density at radius 3 is 2.79 bits per heavy atom. The van der Waals surface area contributed by atoms with Crippen molar-refractivity contribution in [2.45, 2.75) is 57.9 Å². The van der Waals surface area contributed by atoms with Gasteiger partial charge in [0, 0.05) is 43.2 Å². The summed E-state index contributed by atoms with van der Waals surface area (Å²) in [6.07, 6.45) is 8.28. The third kappa shape index (κ3) is 7.21. The number of unbranched alkanes of at least 4 members (excludes halogenated alkanes) is 1. The zero-order valence-corrected chi connectivity index (χ0v) is 19.1. The molecule has 1 aromatic carbocycles. The van der Waals surface area contributed by atoms with Crippen LogP contribution in [-0.2, 0) is 6.54 Å². The predicted molar refractivity (Wildman–Crippen MR) is 126 cm³/mol. The molecule has 0 spiro atoms. The monoisotopic (exact) mass is 459 g/mol. The third-order valence-electron chi connectivity index (χ3n) is 6.05. The minimum absolute atomic E-state index is 0.0912. The molecule has 0 saturated heterocycles. The molecule has 1 fully saturated rings. The number of halogens is 1. The second-order valence-corrected chi connectivity index (χ2v) is 8.62. The minimum atomic E-state index is -0.414. The number of hydrazine groups is 1. The Balaban J connectivity index is 1.53. The smallest absolute Gasteiger partial charge is 0.328 e. The molecule has 9 heteroatoms. The number of allylic oxidation sites excluding steroid dienone is 1. The van der Waals surface area contributed by atoms with Crippen LogP contribution in [0, 0.1) is 11.7 Å². The Labute approximate surface area is 193 Å². The van der Waals surface area contributed by atoms with Crippen LogP contribution < -0.4 is 27.6 Å². The van der Waals surface area contributed by atoms with Crippen molar-refractivity contribution in [3.05, 3.63) is 74.6 Å². The zero-order valence-electron chi connectivity index (χ0n) is 19.1. The van der Waals surface area contributed by atoms with Gasteiger partial charge in [-0.05, 0) is 62.1 Å². The highest BCUT2D eigenvalue weighted by molar-refractivity contribution is 5.33. The van der Waals surface area contributed by atoms with Gasteiger partial charge in [-0.1, -0.05) is 13.0 Å². The normalized spacial score (nSPS) is 14.8. The van der Waals surface area contributed by atoms with Crippen molar-refractivity contribution in [1.29, 1.82) is 0 Å². The summed E-state index contributed by atoms with van der Waals surface area (Å²) in [4.78, 5) is 25.2. The Morgan fingerprint density at radius 2 is 2.12 bits per heavy atom. The number of benzene rings is 1. The van der Waals surface area contributed by atoms with Crippen molar-refractivity contribution in [1.82, 2.24) is 14.6 Å². The lowest BCUT2D eigenvalue weighted by Gasteiger charge is -2.27. The van der Waals surface area contributed by atoms with Crippen molar-refractivity contribution in [2.75, 3.05) is 13.2 Å². The first-order chi connectivity index (χ1) is 15.9. The first-order valence-corrected chi connectivity index (χ1v) is 11.6. The van der Waals surface area contributed by atoms with Gasteiger partial charge in [0.1, 0.15) is 0 Å². The Kier molecular flexibility index (Phi) is 8.71. The molecular weight excluding hydrogens is 425 g/mol. The molecule has 180 valence electrons. The van der Waals surface area contributed by atoms with Crippen molar-refractivity contribution >= 4 is 0 Å². The number of aromatic amines is 1. The number of ether oxygens (including phenoxy) is 1. The molecule has 2 aromatic rings. The molecule has 1 heterocycles. The molecule has 33 heavy (non-hydrogen) atoms. The maximum atomic E-state index is 14.2. The number of nitrogens with zero attached hydrogens (tertiary/aromatic N) is 2. The molecule has 1 atom stereocenters. The number of H-pyrrole nitrogens is 1. The highest BCUT2D eigenvalue weighted by atomic mass is 19.1. The van der Waals surface area contributed by atoms with Crippen LogP contribution in [0.4, 0.5) is 4.39 Å². The molecule has 1 saturated carbocycles. The van der Waals surface area contributed by atoms with Gasteiger partial charge in [0.2, 0.25) is 0 Å². The number of hydrogen-bond donors (Lipinski definition) is 3. The Morgan fingerprint density at radius 1 is 1.33 bits per heavy atom.